The molecule has 0 aliphatic carbocycles. The van der Waals surface area contributed by atoms with Crippen LogP contribution in [0.4, 0.5) is 0 Å². The van der Waals surface area contributed by atoms with Crippen molar-refractivity contribution >= 4 is 5.97 Å². The van der Waals surface area contributed by atoms with Crippen LogP contribution in [0, 0.1) is 0 Å². The molecule has 23 heavy (non-hydrogen) atoms. The Bertz CT molecular complexity index is 394. The van der Waals surface area contributed by atoms with Gasteiger partial charge in [0, 0.05) is 6.42 Å². The summed E-state index contributed by atoms with van der Waals surface area (Å²) >= 11 is 0. The number of carboxylic acid groups (broad SMARTS) is 1. The molecule has 0 unspecified atom stereocenters. The van der Waals surface area contributed by atoms with Crippen molar-refractivity contribution in [3.63, 3.8) is 0 Å². The molecule has 0 aromatic carbocycles. The van der Waals surface area contributed by atoms with Gasteiger partial charge >= 0.3 is 5.97 Å². The number of carboxylic acids is 1. The zero-order valence-electron chi connectivity index (χ0n) is 14.3. The fourth-order valence-corrected chi connectivity index (χ4v) is 2.57. The summed E-state index contributed by atoms with van der Waals surface area (Å²) in [6.07, 6.45) is 25.2. The van der Waals surface area contributed by atoms with Crippen LogP contribution in [0.2, 0.25) is 0 Å². The van der Waals surface area contributed by atoms with Gasteiger partial charge in [-0.3, -0.25) is 4.79 Å². The van der Waals surface area contributed by atoms with Crippen LogP contribution >= 0.6 is 0 Å². The largest absolute Gasteiger partial charge is 0.481 e. The van der Waals surface area contributed by atoms with Gasteiger partial charge < -0.3 is 9.84 Å². The highest BCUT2D eigenvalue weighted by molar-refractivity contribution is 5.66. The second kappa shape index (κ2) is 14.1. The van der Waals surface area contributed by atoms with Crippen molar-refractivity contribution in [3.05, 3.63) is 36.3 Å². The number of carbonyl (C=O) groups is 1. The molecule has 1 aliphatic heterocycles. The molecule has 0 radical (unpaired) electrons. The van der Waals surface area contributed by atoms with Gasteiger partial charge in [0.25, 0.3) is 0 Å². The maximum atomic E-state index is 10.4. The van der Waals surface area contributed by atoms with Crippen LogP contribution in [-0.2, 0) is 9.53 Å². The average molecular weight is 320 g/mol. The summed E-state index contributed by atoms with van der Waals surface area (Å²) in [5, 5.41) is 8.54. The Morgan fingerprint density at radius 1 is 0.870 bits per heavy atom. The van der Waals surface area contributed by atoms with Crippen LogP contribution in [0.1, 0.15) is 83.5 Å². The topological polar surface area (TPSA) is 49.8 Å². The van der Waals surface area contributed by atoms with Gasteiger partial charge in [0.05, 0.1) is 0 Å². The van der Waals surface area contributed by atoms with Crippen molar-refractivity contribution in [1.29, 1.82) is 0 Å². The van der Waals surface area contributed by atoms with Crippen molar-refractivity contribution in [1.82, 2.24) is 0 Å². The number of hydrogen-bond acceptors (Lipinski definition) is 2. The van der Waals surface area contributed by atoms with E-state index >= 15 is 0 Å². The second-order valence-electron chi connectivity index (χ2n) is 6.25. The minimum Gasteiger partial charge on any atom is -0.481 e. The van der Waals surface area contributed by atoms with E-state index in [1.165, 1.54) is 64.2 Å². The van der Waals surface area contributed by atoms with E-state index in [-0.39, 0.29) is 0 Å². The number of unbranched alkanes of at least 4 members (excludes halogenated alkanes) is 11. The van der Waals surface area contributed by atoms with E-state index in [9.17, 15) is 4.79 Å². The Morgan fingerprint density at radius 3 is 1.91 bits per heavy atom. The predicted molar refractivity (Wildman–Crippen MR) is 95.1 cm³/mol. The van der Waals surface area contributed by atoms with Crippen LogP contribution in [0.5, 0.6) is 0 Å². The quantitative estimate of drug-likeness (QED) is 0.275. The lowest BCUT2D eigenvalue weighted by atomic mass is 10.0. The summed E-state index contributed by atoms with van der Waals surface area (Å²) in [5.41, 5.74) is 0. The highest BCUT2D eigenvalue weighted by Crippen LogP contribution is 2.14. The summed E-state index contributed by atoms with van der Waals surface area (Å²) < 4.78 is 4.89. The Kier molecular flexibility index (Phi) is 12.0. The first-order valence-corrected chi connectivity index (χ1v) is 9.21. The fraction of sp³-hybridized carbons (Fsp3) is 0.650. The number of allylic oxidation sites excluding steroid dienone is 4. The zero-order valence-corrected chi connectivity index (χ0v) is 14.3. The molecule has 0 spiro atoms. The Morgan fingerprint density at radius 2 is 1.39 bits per heavy atom. The zero-order chi connectivity index (χ0) is 16.6. The maximum absolute atomic E-state index is 10.4. The van der Waals surface area contributed by atoms with E-state index in [4.69, 9.17) is 9.84 Å². The minimum absolute atomic E-state index is 0.331. The third-order valence-corrected chi connectivity index (χ3v) is 4.02. The lowest BCUT2D eigenvalue weighted by Gasteiger charge is -2.02. The van der Waals surface area contributed by atoms with Crippen molar-refractivity contribution in [2.24, 2.45) is 0 Å². The molecule has 1 N–H and O–H groups in total. The molecule has 0 aromatic heterocycles. The van der Waals surface area contributed by atoms with E-state index in [0.29, 0.717) is 6.42 Å². The molecule has 1 heterocycles. The first-order chi connectivity index (χ1) is 11.3. The maximum Gasteiger partial charge on any atom is 0.303 e. The van der Waals surface area contributed by atoms with E-state index in [0.717, 1.165) is 18.6 Å². The standard InChI is InChI=1S/C20H32O3/c21-20(22)17-15-13-11-9-7-5-3-1-2-4-6-8-10-12-14-16-19-18-23-19/h10,12,14,16,18H,1-9,11,13,15,17H2,(H,21,22)/b12-10+,16-14-. The van der Waals surface area contributed by atoms with E-state index in [1.807, 2.05) is 12.2 Å². The minimum atomic E-state index is -0.664. The lowest BCUT2D eigenvalue weighted by Crippen LogP contribution is -1.93. The fourth-order valence-electron chi connectivity index (χ4n) is 2.57. The van der Waals surface area contributed by atoms with Gasteiger partial charge in [-0.1, -0.05) is 76.0 Å². The number of ether oxygens (including phenoxy) is 1. The molecule has 0 bridgehead atoms. The van der Waals surface area contributed by atoms with Crippen LogP contribution in [0.15, 0.2) is 36.3 Å². The van der Waals surface area contributed by atoms with E-state index < -0.39 is 5.97 Å². The number of rotatable bonds is 16. The molecule has 1 aliphatic rings. The molecule has 1 rings (SSSR count). The molecule has 0 saturated carbocycles. The first kappa shape index (κ1) is 19.5. The third-order valence-electron chi connectivity index (χ3n) is 4.02. The summed E-state index contributed by atoms with van der Waals surface area (Å²) in [7, 11) is 0. The highest BCUT2D eigenvalue weighted by atomic mass is 16.5. The van der Waals surface area contributed by atoms with Gasteiger partial charge in [-0.2, -0.15) is 0 Å². The van der Waals surface area contributed by atoms with E-state index in [2.05, 4.69) is 12.2 Å². The summed E-state index contributed by atoms with van der Waals surface area (Å²) in [5.74, 6) is 0.303. The summed E-state index contributed by atoms with van der Waals surface area (Å²) in [4.78, 5) is 10.4. The smallest absolute Gasteiger partial charge is 0.303 e. The predicted octanol–water partition coefficient (Wildman–Crippen LogP) is 6.13. The summed E-state index contributed by atoms with van der Waals surface area (Å²) in [6.45, 7) is 0. The first-order valence-electron chi connectivity index (χ1n) is 9.21. The monoisotopic (exact) mass is 320 g/mol. The summed E-state index contributed by atoms with van der Waals surface area (Å²) in [6, 6.07) is 0. The normalized spacial score (nSPS) is 13.5. The van der Waals surface area contributed by atoms with Crippen LogP contribution < -0.4 is 0 Å². The molecular weight excluding hydrogens is 288 g/mol. The molecule has 3 nitrogen and oxygen atoms in total. The molecule has 0 saturated heterocycles. The van der Waals surface area contributed by atoms with Gasteiger partial charge in [0.2, 0.25) is 0 Å². The van der Waals surface area contributed by atoms with Gasteiger partial charge in [-0.05, 0) is 25.3 Å². The highest BCUT2D eigenvalue weighted by Gasteiger charge is 2.01. The second-order valence-corrected chi connectivity index (χ2v) is 6.25. The molecule has 130 valence electrons. The Hall–Kier alpha value is -1.51. The van der Waals surface area contributed by atoms with Crippen molar-refractivity contribution in [2.75, 3.05) is 0 Å². The van der Waals surface area contributed by atoms with Crippen LogP contribution in [0.3, 0.4) is 0 Å². The molecule has 3 heteroatoms. The SMILES string of the molecule is O=C(O)CCCCCCCCCCCCC/C=C/C=C\C1=CO1. The number of aliphatic carboxylic acids is 1. The van der Waals surface area contributed by atoms with Gasteiger partial charge in [0.15, 0.2) is 5.76 Å². The molecule has 0 aromatic rings. The van der Waals surface area contributed by atoms with Crippen molar-refractivity contribution in [3.8, 4) is 0 Å². The molecule has 0 fully saturated rings. The van der Waals surface area contributed by atoms with E-state index in [1.54, 1.807) is 6.26 Å². The van der Waals surface area contributed by atoms with Crippen molar-refractivity contribution in [2.45, 2.75) is 83.5 Å². The molecule has 0 atom stereocenters. The Labute approximate surface area is 141 Å². The lowest BCUT2D eigenvalue weighted by molar-refractivity contribution is -0.137. The third kappa shape index (κ3) is 15.2. The van der Waals surface area contributed by atoms with Crippen LogP contribution in [-0.4, -0.2) is 11.1 Å². The molecule has 0 amide bonds. The molecular formula is C20H32O3. The van der Waals surface area contributed by atoms with Gasteiger partial charge in [0.1, 0.15) is 6.26 Å². The van der Waals surface area contributed by atoms with Gasteiger partial charge in [-0.25, -0.2) is 0 Å². The van der Waals surface area contributed by atoms with Crippen molar-refractivity contribution < 1.29 is 14.6 Å². The van der Waals surface area contributed by atoms with Gasteiger partial charge in [-0.15, -0.1) is 0 Å². The Balaban J connectivity index is 1.69. The average Bonchev–Trinajstić information content (AvgIpc) is 3.34. The number of hydrogen-bond donors (Lipinski definition) is 1. The van der Waals surface area contributed by atoms with Crippen LogP contribution in [0.25, 0.3) is 0 Å².